The van der Waals surface area contributed by atoms with Gasteiger partial charge in [0, 0.05) is 37.1 Å². The smallest absolute Gasteiger partial charge is 0.228 e. The number of unbranched alkanes of at least 4 members (excludes halogenated alkanes) is 1. The molecule has 0 bridgehead atoms. The van der Waals surface area contributed by atoms with Crippen molar-refractivity contribution < 1.29 is 4.52 Å². The molecule has 2 aromatic rings. The number of hydrogen-bond acceptors (Lipinski definition) is 4. The van der Waals surface area contributed by atoms with Crippen LogP contribution in [0.5, 0.6) is 0 Å². The molecule has 132 valence electrons. The Bertz CT molecular complexity index is 647. The second kappa shape index (κ2) is 11.2. The maximum absolute atomic E-state index is 5.97. The van der Waals surface area contributed by atoms with Crippen LogP contribution in [0.1, 0.15) is 25.7 Å². The third-order valence-corrected chi connectivity index (χ3v) is 3.46. The molecule has 1 heterocycles. The first-order valence-electron chi connectivity index (χ1n) is 7.76. The number of nitrogens with one attached hydrogen (secondary N) is 2. The van der Waals surface area contributed by atoms with Crippen LogP contribution in [-0.4, -0.2) is 36.2 Å². The largest absolute Gasteiger partial charge is 0.356 e. The van der Waals surface area contributed by atoms with Crippen molar-refractivity contribution in [1.82, 2.24) is 20.8 Å². The molecular formula is C16H23ClIN5O. The van der Waals surface area contributed by atoms with Gasteiger partial charge in [-0.05, 0) is 18.6 Å². The van der Waals surface area contributed by atoms with Gasteiger partial charge in [-0.25, -0.2) is 0 Å². The molecule has 0 saturated carbocycles. The summed E-state index contributed by atoms with van der Waals surface area (Å²) in [5.41, 5.74) is 0.845. The summed E-state index contributed by atoms with van der Waals surface area (Å²) in [4.78, 5) is 8.55. The van der Waals surface area contributed by atoms with Crippen molar-refractivity contribution in [2.24, 2.45) is 4.99 Å². The van der Waals surface area contributed by atoms with E-state index in [1.54, 1.807) is 7.05 Å². The van der Waals surface area contributed by atoms with E-state index in [-0.39, 0.29) is 24.0 Å². The molecular weight excluding hydrogens is 441 g/mol. The van der Waals surface area contributed by atoms with E-state index < -0.39 is 0 Å². The van der Waals surface area contributed by atoms with E-state index in [4.69, 9.17) is 16.1 Å². The van der Waals surface area contributed by atoms with Crippen molar-refractivity contribution in [3.63, 3.8) is 0 Å². The molecule has 1 aromatic carbocycles. The van der Waals surface area contributed by atoms with Crippen LogP contribution in [0.25, 0.3) is 11.4 Å². The molecule has 0 fully saturated rings. The van der Waals surface area contributed by atoms with Crippen LogP contribution in [-0.2, 0) is 6.42 Å². The summed E-state index contributed by atoms with van der Waals surface area (Å²) in [7, 11) is 1.76. The second-order valence-corrected chi connectivity index (χ2v) is 5.49. The summed E-state index contributed by atoms with van der Waals surface area (Å²) in [6.07, 6.45) is 2.90. The van der Waals surface area contributed by atoms with Crippen LogP contribution in [0.15, 0.2) is 33.8 Å². The summed E-state index contributed by atoms with van der Waals surface area (Å²) in [6, 6.07) is 7.39. The van der Waals surface area contributed by atoms with Crippen molar-refractivity contribution >= 4 is 41.5 Å². The van der Waals surface area contributed by atoms with Crippen LogP contribution < -0.4 is 10.6 Å². The molecule has 0 amide bonds. The van der Waals surface area contributed by atoms with E-state index in [1.165, 1.54) is 0 Å². The second-order valence-electron chi connectivity index (χ2n) is 5.05. The van der Waals surface area contributed by atoms with E-state index in [9.17, 15) is 0 Å². The average molecular weight is 464 g/mol. The molecule has 0 radical (unpaired) electrons. The zero-order valence-corrected chi connectivity index (χ0v) is 17.0. The number of aliphatic imine (C=N–C) groups is 1. The van der Waals surface area contributed by atoms with Gasteiger partial charge < -0.3 is 15.2 Å². The van der Waals surface area contributed by atoms with E-state index >= 15 is 0 Å². The minimum Gasteiger partial charge on any atom is -0.356 e. The van der Waals surface area contributed by atoms with Crippen molar-refractivity contribution in [3.05, 3.63) is 35.2 Å². The Morgan fingerprint density at radius 1 is 1.29 bits per heavy atom. The van der Waals surface area contributed by atoms with Crippen LogP contribution in [0, 0.1) is 0 Å². The SMILES string of the molecule is CCCCNC(=NC)NCCc1nc(-c2cccc(Cl)c2)no1.I. The van der Waals surface area contributed by atoms with E-state index in [0.29, 0.717) is 29.7 Å². The molecule has 0 aliphatic rings. The number of halogens is 2. The third kappa shape index (κ3) is 6.64. The summed E-state index contributed by atoms with van der Waals surface area (Å²) in [6.45, 7) is 3.74. The van der Waals surface area contributed by atoms with Crippen LogP contribution in [0.4, 0.5) is 0 Å². The Morgan fingerprint density at radius 3 is 2.79 bits per heavy atom. The van der Waals surface area contributed by atoms with Gasteiger partial charge in [0.2, 0.25) is 11.7 Å². The first-order valence-corrected chi connectivity index (χ1v) is 8.13. The number of guanidine groups is 1. The molecule has 2 rings (SSSR count). The van der Waals surface area contributed by atoms with Crippen molar-refractivity contribution in [2.45, 2.75) is 26.2 Å². The highest BCUT2D eigenvalue weighted by atomic mass is 127. The van der Waals surface area contributed by atoms with Gasteiger partial charge in [-0.15, -0.1) is 24.0 Å². The normalized spacial score (nSPS) is 11.0. The lowest BCUT2D eigenvalue weighted by atomic mass is 10.2. The van der Waals surface area contributed by atoms with Crippen molar-refractivity contribution in [1.29, 1.82) is 0 Å². The lowest BCUT2D eigenvalue weighted by Gasteiger charge is -2.10. The van der Waals surface area contributed by atoms with Crippen LogP contribution in [0.3, 0.4) is 0 Å². The van der Waals surface area contributed by atoms with E-state index in [1.807, 2.05) is 24.3 Å². The third-order valence-electron chi connectivity index (χ3n) is 3.23. The molecule has 0 unspecified atom stereocenters. The predicted molar refractivity (Wildman–Crippen MR) is 108 cm³/mol. The fourth-order valence-corrected chi connectivity index (χ4v) is 2.18. The molecule has 24 heavy (non-hydrogen) atoms. The Labute approximate surface area is 164 Å². The molecule has 1 aromatic heterocycles. The summed E-state index contributed by atoms with van der Waals surface area (Å²) in [5, 5.41) is 11.1. The monoisotopic (exact) mass is 463 g/mol. The molecule has 0 spiro atoms. The molecule has 0 aliphatic carbocycles. The minimum absolute atomic E-state index is 0. The average Bonchev–Trinajstić information content (AvgIpc) is 3.02. The number of aromatic nitrogens is 2. The minimum atomic E-state index is 0. The first-order chi connectivity index (χ1) is 11.2. The molecule has 0 aliphatic heterocycles. The van der Waals surface area contributed by atoms with Crippen molar-refractivity contribution in [3.8, 4) is 11.4 Å². The lowest BCUT2D eigenvalue weighted by molar-refractivity contribution is 0.378. The van der Waals surface area contributed by atoms with Crippen molar-refractivity contribution in [2.75, 3.05) is 20.1 Å². The zero-order valence-electron chi connectivity index (χ0n) is 13.9. The number of benzene rings is 1. The van der Waals surface area contributed by atoms with Gasteiger partial charge in [0.1, 0.15) is 0 Å². The molecule has 8 heteroatoms. The molecule has 2 N–H and O–H groups in total. The quantitative estimate of drug-likeness (QED) is 0.284. The zero-order chi connectivity index (χ0) is 16.5. The Hall–Kier alpha value is -1.35. The fraction of sp³-hybridized carbons (Fsp3) is 0.438. The van der Waals surface area contributed by atoms with Crippen LogP contribution >= 0.6 is 35.6 Å². The summed E-state index contributed by atoms with van der Waals surface area (Å²) >= 11 is 5.97. The van der Waals surface area contributed by atoms with Gasteiger partial charge in [-0.2, -0.15) is 4.98 Å². The molecule has 6 nitrogen and oxygen atoms in total. The summed E-state index contributed by atoms with van der Waals surface area (Å²) < 4.78 is 5.27. The maximum Gasteiger partial charge on any atom is 0.228 e. The van der Waals surface area contributed by atoms with Gasteiger partial charge in [-0.3, -0.25) is 4.99 Å². The Kier molecular flexibility index (Phi) is 9.70. The van der Waals surface area contributed by atoms with E-state index in [0.717, 1.165) is 30.9 Å². The highest BCUT2D eigenvalue weighted by molar-refractivity contribution is 14.0. The maximum atomic E-state index is 5.97. The molecule has 0 atom stereocenters. The predicted octanol–water partition coefficient (Wildman–Crippen LogP) is 3.52. The van der Waals surface area contributed by atoms with Gasteiger partial charge >= 0.3 is 0 Å². The topological polar surface area (TPSA) is 75.3 Å². The van der Waals surface area contributed by atoms with Gasteiger partial charge in [0.15, 0.2) is 5.96 Å². The standard InChI is InChI=1S/C16H22ClN5O.HI/c1-3-4-9-19-16(18-2)20-10-8-14-21-15(22-23-14)12-6-5-7-13(17)11-12;/h5-7,11H,3-4,8-10H2,1-2H3,(H2,18,19,20);1H. The number of nitrogens with zero attached hydrogens (tertiary/aromatic N) is 3. The first kappa shape index (κ1) is 20.7. The van der Waals surface area contributed by atoms with Gasteiger partial charge in [0.25, 0.3) is 0 Å². The lowest BCUT2D eigenvalue weighted by Crippen LogP contribution is -2.38. The summed E-state index contributed by atoms with van der Waals surface area (Å²) in [5.74, 6) is 1.91. The Balaban J connectivity index is 0.00000288. The number of hydrogen-bond donors (Lipinski definition) is 2. The Morgan fingerprint density at radius 2 is 2.08 bits per heavy atom. The highest BCUT2D eigenvalue weighted by Crippen LogP contribution is 2.19. The van der Waals surface area contributed by atoms with Gasteiger partial charge in [0.05, 0.1) is 0 Å². The molecule has 0 saturated heterocycles. The highest BCUT2D eigenvalue weighted by Gasteiger charge is 2.09. The number of rotatable bonds is 7. The fourth-order valence-electron chi connectivity index (χ4n) is 1.99. The van der Waals surface area contributed by atoms with Gasteiger partial charge in [-0.1, -0.05) is 42.2 Å². The van der Waals surface area contributed by atoms with Crippen LogP contribution in [0.2, 0.25) is 5.02 Å². The van der Waals surface area contributed by atoms with E-state index in [2.05, 4.69) is 32.7 Å².